The van der Waals surface area contributed by atoms with E-state index in [1.54, 1.807) is 6.92 Å². The Kier molecular flexibility index (Phi) is 4.96. The van der Waals surface area contributed by atoms with Gasteiger partial charge in [0, 0.05) is 6.42 Å². The van der Waals surface area contributed by atoms with Gasteiger partial charge >= 0.3 is 5.97 Å². The molecule has 1 aliphatic heterocycles. The second-order valence-electron chi connectivity index (χ2n) is 4.01. The lowest BCUT2D eigenvalue weighted by atomic mass is 9.98. The summed E-state index contributed by atoms with van der Waals surface area (Å²) in [5, 5.41) is 0. The van der Waals surface area contributed by atoms with E-state index >= 15 is 0 Å². The highest BCUT2D eigenvalue weighted by atomic mass is 16.7. The van der Waals surface area contributed by atoms with Crippen molar-refractivity contribution in [3.05, 3.63) is 12.7 Å². The van der Waals surface area contributed by atoms with Crippen LogP contribution in [-0.4, -0.2) is 31.6 Å². The first-order valence-electron chi connectivity index (χ1n) is 5.68. The molecule has 0 amide bonds. The second-order valence-corrected chi connectivity index (χ2v) is 4.01. The van der Waals surface area contributed by atoms with Gasteiger partial charge in [0.05, 0.1) is 26.2 Å². The third-order valence-electron chi connectivity index (χ3n) is 2.57. The Morgan fingerprint density at radius 1 is 1.56 bits per heavy atom. The molecule has 1 unspecified atom stereocenters. The van der Waals surface area contributed by atoms with E-state index in [1.165, 1.54) is 0 Å². The van der Waals surface area contributed by atoms with E-state index < -0.39 is 5.79 Å². The zero-order valence-electron chi connectivity index (χ0n) is 10.0. The molecule has 4 heteroatoms. The third kappa shape index (κ3) is 3.61. The number of rotatable bonds is 6. The van der Waals surface area contributed by atoms with Crippen LogP contribution >= 0.6 is 0 Å². The van der Waals surface area contributed by atoms with Crippen LogP contribution in [0.1, 0.15) is 26.7 Å². The van der Waals surface area contributed by atoms with Crippen LogP contribution in [0.4, 0.5) is 0 Å². The van der Waals surface area contributed by atoms with Crippen molar-refractivity contribution in [2.75, 3.05) is 19.8 Å². The highest BCUT2D eigenvalue weighted by Gasteiger charge is 2.40. The molecule has 92 valence electrons. The lowest BCUT2D eigenvalue weighted by molar-refractivity contribution is -0.187. The normalized spacial score (nSPS) is 20.4. The molecule has 1 rings (SSSR count). The Morgan fingerprint density at radius 2 is 2.19 bits per heavy atom. The van der Waals surface area contributed by atoms with Gasteiger partial charge in [0.25, 0.3) is 0 Å². The molecule has 1 aliphatic rings. The molecule has 1 fully saturated rings. The number of ether oxygens (including phenoxy) is 3. The van der Waals surface area contributed by atoms with Crippen molar-refractivity contribution in [2.24, 2.45) is 5.92 Å². The maximum Gasteiger partial charge on any atom is 0.311 e. The van der Waals surface area contributed by atoms with Crippen LogP contribution in [0.15, 0.2) is 12.7 Å². The van der Waals surface area contributed by atoms with Crippen LogP contribution < -0.4 is 0 Å². The lowest BCUT2D eigenvalue weighted by Gasteiger charge is -2.28. The van der Waals surface area contributed by atoms with Gasteiger partial charge in [0.2, 0.25) is 0 Å². The first-order chi connectivity index (χ1) is 7.62. The standard InChI is InChI=1S/C12H20O4/c1-4-10(3)8-12(15-6-7-16-12)9-11(13)14-5-2/h4,10H,1,5-9H2,2-3H3. The molecule has 0 aliphatic carbocycles. The molecule has 1 saturated heterocycles. The van der Waals surface area contributed by atoms with E-state index in [4.69, 9.17) is 14.2 Å². The average molecular weight is 228 g/mol. The van der Waals surface area contributed by atoms with Gasteiger partial charge in [-0.1, -0.05) is 13.0 Å². The number of carbonyl (C=O) groups excluding carboxylic acids is 1. The quantitative estimate of drug-likeness (QED) is 0.514. The summed E-state index contributed by atoms with van der Waals surface area (Å²) in [4.78, 5) is 11.5. The number of esters is 1. The molecule has 1 heterocycles. The summed E-state index contributed by atoms with van der Waals surface area (Å²) in [6.45, 7) is 8.97. The summed E-state index contributed by atoms with van der Waals surface area (Å²) >= 11 is 0. The summed E-state index contributed by atoms with van der Waals surface area (Å²) in [6, 6.07) is 0. The maximum atomic E-state index is 11.5. The fourth-order valence-electron chi connectivity index (χ4n) is 1.79. The van der Waals surface area contributed by atoms with Crippen molar-refractivity contribution in [3.63, 3.8) is 0 Å². The highest BCUT2D eigenvalue weighted by Crippen LogP contribution is 2.31. The number of allylic oxidation sites excluding steroid dienone is 1. The molecule has 1 atom stereocenters. The summed E-state index contributed by atoms with van der Waals surface area (Å²) in [6.07, 6.45) is 2.62. The minimum absolute atomic E-state index is 0.152. The van der Waals surface area contributed by atoms with Gasteiger partial charge in [-0.2, -0.15) is 0 Å². The predicted octanol–water partition coefficient (Wildman–Crippen LogP) is 1.89. The summed E-state index contributed by atoms with van der Waals surface area (Å²) in [7, 11) is 0. The van der Waals surface area contributed by atoms with E-state index in [1.807, 2.05) is 13.0 Å². The van der Waals surface area contributed by atoms with Gasteiger partial charge in [-0.3, -0.25) is 4.79 Å². The largest absolute Gasteiger partial charge is 0.466 e. The minimum atomic E-state index is -0.806. The first kappa shape index (κ1) is 13.2. The smallest absolute Gasteiger partial charge is 0.311 e. The van der Waals surface area contributed by atoms with Crippen LogP contribution in [-0.2, 0) is 19.0 Å². The van der Waals surface area contributed by atoms with Crippen molar-refractivity contribution in [1.82, 2.24) is 0 Å². The molecule has 0 spiro atoms. The number of hydrogen-bond donors (Lipinski definition) is 0. The Bertz CT molecular complexity index is 243. The fraction of sp³-hybridized carbons (Fsp3) is 0.750. The average Bonchev–Trinajstić information content (AvgIpc) is 2.66. The second kappa shape index (κ2) is 6.01. The molecule has 0 N–H and O–H groups in total. The Balaban J connectivity index is 2.57. The summed E-state index contributed by atoms with van der Waals surface area (Å²) in [5.74, 6) is -0.840. The van der Waals surface area contributed by atoms with Crippen LogP contribution in [0.3, 0.4) is 0 Å². The lowest BCUT2D eigenvalue weighted by Crippen LogP contribution is -2.35. The van der Waals surface area contributed by atoms with Crippen molar-refractivity contribution >= 4 is 5.97 Å². The molecule has 0 aromatic heterocycles. The zero-order valence-corrected chi connectivity index (χ0v) is 10.0. The van der Waals surface area contributed by atoms with Crippen molar-refractivity contribution in [2.45, 2.75) is 32.5 Å². The SMILES string of the molecule is C=CC(C)CC1(CC(=O)OCC)OCCO1. The Morgan fingerprint density at radius 3 is 2.69 bits per heavy atom. The van der Waals surface area contributed by atoms with E-state index in [0.717, 1.165) is 0 Å². The molecule has 0 saturated carbocycles. The topological polar surface area (TPSA) is 44.8 Å². The predicted molar refractivity (Wildman–Crippen MR) is 59.9 cm³/mol. The van der Waals surface area contributed by atoms with Crippen molar-refractivity contribution in [3.8, 4) is 0 Å². The molecular weight excluding hydrogens is 208 g/mol. The zero-order chi connectivity index (χ0) is 12.0. The molecule has 0 aromatic carbocycles. The molecule has 0 aromatic rings. The van der Waals surface area contributed by atoms with E-state index in [9.17, 15) is 4.79 Å². The van der Waals surface area contributed by atoms with Gasteiger partial charge in [-0.05, 0) is 12.8 Å². The van der Waals surface area contributed by atoms with Gasteiger partial charge in [0.15, 0.2) is 5.79 Å². The van der Waals surface area contributed by atoms with Crippen LogP contribution in [0, 0.1) is 5.92 Å². The minimum Gasteiger partial charge on any atom is -0.466 e. The summed E-state index contributed by atoms with van der Waals surface area (Å²) < 4.78 is 16.0. The van der Waals surface area contributed by atoms with Gasteiger partial charge < -0.3 is 14.2 Å². The van der Waals surface area contributed by atoms with Gasteiger partial charge in [-0.15, -0.1) is 6.58 Å². The molecule has 0 radical (unpaired) electrons. The van der Waals surface area contributed by atoms with E-state index in [0.29, 0.717) is 26.2 Å². The van der Waals surface area contributed by atoms with Gasteiger partial charge in [-0.25, -0.2) is 0 Å². The van der Waals surface area contributed by atoms with Crippen molar-refractivity contribution in [1.29, 1.82) is 0 Å². The fourth-order valence-corrected chi connectivity index (χ4v) is 1.79. The van der Waals surface area contributed by atoms with Crippen LogP contribution in [0.2, 0.25) is 0 Å². The van der Waals surface area contributed by atoms with E-state index in [2.05, 4.69) is 6.58 Å². The Labute approximate surface area is 96.6 Å². The maximum absolute atomic E-state index is 11.5. The third-order valence-corrected chi connectivity index (χ3v) is 2.57. The first-order valence-corrected chi connectivity index (χ1v) is 5.68. The highest BCUT2D eigenvalue weighted by molar-refractivity contribution is 5.70. The molecular formula is C12H20O4. The van der Waals surface area contributed by atoms with Crippen LogP contribution in [0.25, 0.3) is 0 Å². The number of carbonyl (C=O) groups is 1. The molecule has 0 bridgehead atoms. The van der Waals surface area contributed by atoms with E-state index in [-0.39, 0.29) is 18.3 Å². The van der Waals surface area contributed by atoms with Crippen molar-refractivity contribution < 1.29 is 19.0 Å². The van der Waals surface area contributed by atoms with Crippen LogP contribution in [0.5, 0.6) is 0 Å². The molecule has 16 heavy (non-hydrogen) atoms. The number of hydrogen-bond acceptors (Lipinski definition) is 4. The Hall–Kier alpha value is -0.870. The monoisotopic (exact) mass is 228 g/mol. The summed E-state index contributed by atoms with van der Waals surface area (Å²) in [5.41, 5.74) is 0. The molecule has 4 nitrogen and oxygen atoms in total. The van der Waals surface area contributed by atoms with Gasteiger partial charge in [0.1, 0.15) is 0 Å².